The summed E-state index contributed by atoms with van der Waals surface area (Å²) in [6.07, 6.45) is 0. The second-order valence-electron chi connectivity index (χ2n) is 16.5. The third-order valence-electron chi connectivity index (χ3n) is 12.8. The molecule has 278 valence electrons. The lowest BCUT2D eigenvalue weighted by atomic mass is 9.82. The fraction of sp³-hybridized carbons (Fsp3) is 0.0526. The Bertz CT molecular complexity index is 3340. The Hall–Kier alpha value is -7.42. The summed E-state index contributed by atoms with van der Waals surface area (Å²) in [5.41, 5.74) is 15.2. The van der Waals surface area contributed by atoms with Crippen LogP contribution in [0.15, 0.2) is 200 Å². The zero-order valence-electron chi connectivity index (χ0n) is 32.9. The van der Waals surface area contributed by atoms with Crippen molar-refractivity contribution in [2.24, 2.45) is 0 Å². The molecular formula is C57H39NO. The average Bonchev–Trinajstić information content (AvgIpc) is 3.42. The largest absolute Gasteiger partial charge is 0.456 e. The minimum Gasteiger partial charge on any atom is -0.456 e. The number of anilines is 3. The molecule has 0 fully saturated rings. The van der Waals surface area contributed by atoms with Gasteiger partial charge in [0.25, 0.3) is 0 Å². The zero-order chi connectivity index (χ0) is 39.2. The molecule has 12 rings (SSSR count). The SMILES string of the molecule is CC1(C)c2ccccc2-c2ccc(N(c3ccc4c(c3)Oc3cc(-c5ccccc5)ccc3-c3cc5ccccc5cc3-4)c3cc4ccccc4c4ccccc34)cc21. The quantitative estimate of drug-likeness (QED) is 0.166. The van der Waals surface area contributed by atoms with E-state index < -0.39 is 0 Å². The first-order chi connectivity index (χ1) is 29.0. The summed E-state index contributed by atoms with van der Waals surface area (Å²) in [5, 5.41) is 7.29. The van der Waals surface area contributed by atoms with Gasteiger partial charge in [0.05, 0.1) is 5.69 Å². The first kappa shape index (κ1) is 33.7. The highest BCUT2D eigenvalue weighted by Gasteiger charge is 2.36. The maximum Gasteiger partial charge on any atom is 0.137 e. The molecule has 1 aliphatic carbocycles. The molecule has 10 aromatic rings. The topological polar surface area (TPSA) is 12.5 Å². The van der Waals surface area contributed by atoms with E-state index in [1.165, 1.54) is 60.1 Å². The Morgan fingerprint density at radius 3 is 1.68 bits per heavy atom. The zero-order valence-corrected chi connectivity index (χ0v) is 32.9. The van der Waals surface area contributed by atoms with Crippen molar-refractivity contribution in [1.82, 2.24) is 0 Å². The van der Waals surface area contributed by atoms with Crippen molar-refractivity contribution in [2.45, 2.75) is 19.3 Å². The van der Waals surface area contributed by atoms with E-state index in [1.807, 2.05) is 0 Å². The standard InChI is InChI=1S/C57H39NO/c1-57(2)52-23-13-12-21-45(52)46-28-25-41(34-53(46)57)58(54-32-40-18-8-9-19-43(40)44-20-10-11-22-47(44)54)42-26-29-49-51-31-38-17-7-6-16-37(38)30-50(51)48-27-24-39(36-14-4-3-5-15-36)33-55(48)59-56(49)35-42/h3-35H,1-2H3. The predicted molar refractivity (Wildman–Crippen MR) is 248 cm³/mol. The van der Waals surface area contributed by atoms with E-state index in [1.54, 1.807) is 0 Å². The highest BCUT2D eigenvalue weighted by molar-refractivity contribution is 6.15. The van der Waals surface area contributed by atoms with Crippen molar-refractivity contribution >= 4 is 49.4 Å². The van der Waals surface area contributed by atoms with Crippen LogP contribution in [0.3, 0.4) is 0 Å². The van der Waals surface area contributed by atoms with Crippen molar-refractivity contribution in [1.29, 1.82) is 0 Å². The van der Waals surface area contributed by atoms with Crippen LogP contribution in [0.4, 0.5) is 17.1 Å². The van der Waals surface area contributed by atoms with Gasteiger partial charge in [0.1, 0.15) is 11.5 Å². The number of hydrogen-bond donors (Lipinski definition) is 0. The molecule has 10 aromatic carbocycles. The van der Waals surface area contributed by atoms with Crippen molar-refractivity contribution in [2.75, 3.05) is 4.90 Å². The maximum atomic E-state index is 7.22. The molecule has 0 amide bonds. The van der Waals surface area contributed by atoms with Crippen molar-refractivity contribution in [3.8, 4) is 56.0 Å². The summed E-state index contributed by atoms with van der Waals surface area (Å²) in [6.45, 7) is 4.71. The summed E-state index contributed by atoms with van der Waals surface area (Å²) in [7, 11) is 0. The highest BCUT2D eigenvalue weighted by Crippen LogP contribution is 2.54. The van der Waals surface area contributed by atoms with Gasteiger partial charge in [-0.25, -0.2) is 0 Å². The van der Waals surface area contributed by atoms with Gasteiger partial charge in [0.15, 0.2) is 0 Å². The molecule has 0 aromatic heterocycles. The van der Waals surface area contributed by atoms with Gasteiger partial charge < -0.3 is 9.64 Å². The van der Waals surface area contributed by atoms with Gasteiger partial charge in [0, 0.05) is 39.4 Å². The van der Waals surface area contributed by atoms with Crippen molar-refractivity contribution in [3.63, 3.8) is 0 Å². The fourth-order valence-electron chi connectivity index (χ4n) is 9.88. The van der Waals surface area contributed by atoms with E-state index in [0.717, 1.165) is 56.4 Å². The lowest BCUT2D eigenvalue weighted by Crippen LogP contribution is -2.16. The Balaban J connectivity index is 1.11. The van der Waals surface area contributed by atoms with Crippen LogP contribution < -0.4 is 9.64 Å². The van der Waals surface area contributed by atoms with E-state index in [9.17, 15) is 0 Å². The fourth-order valence-corrected chi connectivity index (χ4v) is 9.88. The molecule has 2 aliphatic rings. The Kier molecular flexibility index (Phi) is 7.31. The minimum atomic E-state index is -0.150. The van der Waals surface area contributed by atoms with E-state index in [4.69, 9.17) is 4.74 Å². The molecule has 0 saturated carbocycles. The molecule has 0 atom stereocenters. The summed E-state index contributed by atoms with van der Waals surface area (Å²) in [6, 6.07) is 73.2. The highest BCUT2D eigenvalue weighted by atomic mass is 16.5. The molecule has 0 radical (unpaired) electrons. The predicted octanol–water partition coefficient (Wildman–Crippen LogP) is 16.0. The molecule has 0 spiro atoms. The van der Waals surface area contributed by atoms with Gasteiger partial charge >= 0.3 is 0 Å². The third kappa shape index (κ3) is 5.20. The average molecular weight is 754 g/mol. The van der Waals surface area contributed by atoms with Crippen LogP contribution >= 0.6 is 0 Å². The Morgan fingerprint density at radius 1 is 0.356 bits per heavy atom. The number of rotatable bonds is 4. The van der Waals surface area contributed by atoms with E-state index in [-0.39, 0.29) is 5.41 Å². The smallest absolute Gasteiger partial charge is 0.137 e. The first-order valence-electron chi connectivity index (χ1n) is 20.5. The van der Waals surface area contributed by atoms with Gasteiger partial charge in [-0.05, 0) is 126 Å². The number of fused-ring (bicyclic) bond motifs is 12. The lowest BCUT2D eigenvalue weighted by molar-refractivity contribution is 0.488. The third-order valence-corrected chi connectivity index (χ3v) is 12.8. The first-order valence-corrected chi connectivity index (χ1v) is 20.5. The second-order valence-corrected chi connectivity index (χ2v) is 16.5. The molecule has 2 nitrogen and oxygen atoms in total. The van der Waals surface area contributed by atoms with Crippen LogP contribution in [-0.2, 0) is 5.41 Å². The Labute approximate surface area is 344 Å². The molecule has 0 bridgehead atoms. The van der Waals surface area contributed by atoms with E-state index >= 15 is 0 Å². The van der Waals surface area contributed by atoms with Gasteiger partial charge in [-0.3, -0.25) is 0 Å². The van der Waals surface area contributed by atoms with Crippen molar-refractivity contribution < 1.29 is 4.74 Å². The summed E-state index contributed by atoms with van der Waals surface area (Å²) in [4.78, 5) is 2.45. The van der Waals surface area contributed by atoms with Crippen LogP contribution in [0, 0.1) is 0 Å². The number of benzene rings is 10. The van der Waals surface area contributed by atoms with Crippen LogP contribution in [0.5, 0.6) is 11.5 Å². The normalized spacial score (nSPS) is 13.2. The van der Waals surface area contributed by atoms with Crippen LogP contribution in [-0.4, -0.2) is 0 Å². The van der Waals surface area contributed by atoms with Gasteiger partial charge in [-0.1, -0.05) is 153 Å². The van der Waals surface area contributed by atoms with Crippen LogP contribution in [0.1, 0.15) is 25.0 Å². The monoisotopic (exact) mass is 753 g/mol. The minimum absolute atomic E-state index is 0.150. The maximum absolute atomic E-state index is 7.22. The summed E-state index contributed by atoms with van der Waals surface area (Å²) < 4.78 is 7.22. The summed E-state index contributed by atoms with van der Waals surface area (Å²) in [5.74, 6) is 1.67. The summed E-state index contributed by atoms with van der Waals surface area (Å²) >= 11 is 0. The van der Waals surface area contributed by atoms with Gasteiger partial charge in [-0.2, -0.15) is 0 Å². The molecular weight excluding hydrogens is 715 g/mol. The van der Waals surface area contributed by atoms with E-state index in [0.29, 0.717) is 0 Å². The number of ether oxygens (including phenoxy) is 1. The number of hydrogen-bond acceptors (Lipinski definition) is 2. The molecule has 0 saturated heterocycles. The molecule has 0 N–H and O–H groups in total. The molecule has 2 heteroatoms. The van der Waals surface area contributed by atoms with Gasteiger partial charge in [-0.15, -0.1) is 0 Å². The van der Waals surface area contributed by atoms with Crippen LogP contribution in [0.2, 0.25) is 0 Å². The Morgan fingerprint density at radius 2 is 0.915 bits per heavy atom. The van der Waals surface area contributed by atoms with E-state index in [2.05, 4.69) is 219 Å². The second kappa shape index (κ2) is 12.8. The van der Waals surface area contributed by atoms with Crippen LogP contribution in [0.25, 0.3) is 76.8 Å². The number of nitrogens with zero attached hydrogens (tertiary/aromatic N) is 1. The molecule has 1 heterocycles. The molecule has 59 heavy (non-hydrogen) atoms. The van der Waals surface area contributed by atoms with Crippen molar-refractivity contribution in [3.05, 3.63) is 211 Å². The molecule has 0 unspecified atom stereocenters. The molecule has 1 aliphatic heterocycles. The lowest BCUT2D eigenvalue weighted by Gasteiger charge is -2.30. The van der Waals surface area contributed by atoms with Gasteiger partial charge in [0.2, 0.25) is 0 Å².